The second-order valence-corrected chi connectivity index (χ2v) is 13.6. The molecule has 2 heterocycles. The Kier molecular flexibility index (Phi) is 6.39. The third kappa shape index (κ3) is 4.55. The largest absolute Gasteiger partial charge is 0.455 e. The third-order valence-corrected chi connectivity index (χ3v) is 10.9. The number of hydrogen-bond donors (Lipinski definition) is 0. The summed E-state index contributed by atoms with van der Waals surface area (Å²) in [6.07, 6.45) is 0. The molecular formula is C46H29NOS. The van der Waals surface area contributed by atoms with Gasteiger partial charge in [0.05, 0.1) is 10.4 Å². The Hall–Kier alpha value is -6.16. The molecule has 0 amide bonds. The Morgan fingerprint density at radius 2 is 1.12 bits per heavy atom. The van der Waals surface area contributed by atoms with Crippen molar-refractivity contribution < 1.29 is 4.42 Å². The van der Waals surface area contributed by atoms with Gasteiger partial charge in [0.2, 0.25) is 0 Å². The zero-order valence-corrected chi connectivity index (χ0v) is 27.3. The maximum Gasteiger partial charge on any atom is 0.143 e. The van der Waals surface area contributed by atoms with Crippen LogP contribution in [0.5, 0.6) is 0 Å². The number of fused-ring (bicyclic) bond motifs is 8. The molecule has 0 fully saturated rings. The first-order chi connectivity index (χ1) is 24.3. The Bertz CT molecular complexity index is 2810. The van der Waals surface area contributed by atoms with E-state index in [-0.39, 0.29) is 0 Å². The fraction of sp³-hybridized carbons (Fsp3) is 0. The molecular weight excluding hydrogens is 615 g/mol. The summed E-state index contributed by atoms with van der Waals surface area (Å²) in [4.78, 5) is 2.43. The van der Waals surface area contributed by atoms with Crippen LogP contribution < -0.4 is 4.90 Å². The van der Waals surface area contributed by atoms with Crippen LogP contribution in [-0.4, -0.2) is 0 Å². The molecule has 10 aromatic rings. The van der Waals surface area contributed by atoms with Gasteiger partial charge in [-0.25, -0.2) is 0 Å². The van der Waals surface area contributed by atoms with Crippen LogP contribution in [0.15, 0.2) is 180 Å². The van der Waals surface area contributed by atoms with Gasteiger partial charge < -0.3 is 9.32 Å². The van der Waals surface area contributed by atoms with Gasteiger partial charge in [0.25, 0.3) is 0 Å². The van der Waals surface area contributed by atoms with Crippen molar-refractivity contribution in [2.24, 2.45) is 0 Å². The van der Waals surface area contributed by atoms with Crippen molar-refractivity contribution in [3.05, 3.63) is 176 Å². The molecule has 0 aliphatic rings. The Balaban J connectivity index is 1.29. The molecule has 0 aliphatic carbocycles. The minimum absolute atomic E-state index is 0.897. The van der Waals surface area contributed by atoms with Gasteiger partial charge in [-0.05, 0) is 69.9 Å². The van der Waals surface area contributed by atoms with Crippen molar-refractivity contribution in [3.8, 4) is 22.3 Å². The number of thiophene rings is 1. The fourth-order valence-corrected chi connectivity index (χ4v) is 8.57. The third-order valence-electron chi connectivity index (χ3n) is 9.65. The standard InChI is InChI=1S/C46H29NOS/c1-3-12-30(13-4-1)31-22-25-34(26-23-31)47(41-20-11-19-38-37-18-9-10-21-43(37)49-46(38)41)35-28-39(32-14-5-2-6-15-32)45-40(29-35)44-36-17-8-7-16-33(36)24-27-42(44)48-45/h1-29H. The lowest BCUT2D eigenvalue weighted by molar-refractivity contribution is 0.670. The molecule has 10 rings (SSSR count). The van der Waals surface area contributed by atoms with Crippen LogP contribution in [0.4, 0.5) is 17.1 Å². The molecule has 2 aromatic heterocycles. The molecule has 0 N–H and O–H groups in total. The summed E-state index contributed by atoms with van der Waals surface area (Å²) < 4.78 is 9.30. The molecule has 0 saturated heterocycles. The zero-order chi connectivity index (χ0) is 32.3. The van der Waals surface area contributed by atoms with Crippen LogP contribution in [0.2, 0.25) is 0 Å². The number of anilines is 3. The average Bonchev–Trinajstić information content (AvgIpc) is 3.75. The van der Waals surface area contributed by atoms with Gasteiger partial charge >= 0.3 is 0 Å². The summed E-state index contributed by atoms with van der Waals surface area (Å²) >= 11 is 1.86. The van der Waals surface area contributed by atoms with E-state index >= 15 is 0 Å². The first kappa shape index (κ1) is 27.9. The summed E-state index contributed by atoms with van der Waals surface area (Å²) in [5.41, 5.74) is 9.73. The minimum atomic E-state index is 0.897. The van der Waals surface area contributed by atoms with E-state index in [9.17, 15) is 0 Å². The van der Waals surface area contributed by atoms with Crippen LogP contribution in [0, 0.1) is 0 Å². The van der Waals surface area contributed by atoms with Crippen molar-refractivity contribution in [2.45, 2.75) is 0 Å². The Labute approximate surface area is 287 Å². The summed E-state index contributed by atoms with van der Waals surface area (Å²) in [6.45, 7) is 0. The molecule has 0 atom stereocenters. The summed E-state index contributed by atoms with van der Waals surface area (Å²) in [6, 6.07) is 63.1. The van der Waals surface area contributed by atoms with Crippen molar-refractivity contribution in [3.63, 3.8) is 0 Å². The normalized spacial score (nSPS) is 11.7. The zero-order valence-electron chi connectivity index (χ0n) is 26.5. The molecule has 0 unspecified atom stereocenters. The predicted octanol–water partition coefficient (Wildman–Crippen LogP) is 13.9. The molecule has 230 valence electrons. The summed E-state index contributed by atoms with van der Waals surface area (Å²) in [7, 11) is 0. The summed E-state index contributed by atoms with van der Waals surface area (Å²) in [5, 5.41) is 7.21. The van der Waals surface area contributed by atoms with E-state index < -0.39 is 0 Å². The van der Waals surface area contributed by atoms with Crippen LogP contribution >= 0.6 is 11.3 Å². The minimum Gasteiger partial charge on any atom is -0.455 e. The van der Waals surface area contributed by atoms with Gasteiger partial charge in [-0.15, -0.1) is 11.3 Å². The van der Waals surface area contributed by atoms with Crippen molar-refractivity contribution in [1.29, 1.82) is 0 Å². The van der Waals surface area contributed by atoms with Gasteiger partial charge in [-0.2, -0.15) is 0 Å². The SMILES string of the molecule is c1ccc(-c2ccc(N(c3cc(-c4ccccc4)c4oc5ccc6ccccc6c5c4c3)c3cccc4c3sc3ccccc34)cc2)cc1. The van der Waals surface area contributed by atoms with Gasteiger partial charge in [0, 0.05) is 43.2 Å². The van der Waals surface area contributed by atoms with Crippen LogP contribution in [-0.2, 0) is 0 Å². The molecule has 49 heavy (non-hydrogen) atoms. The Morgan fingerprint density at radius 3 is 1.94 bits per heavy atom. The molecule has 2 nitrogen and oxygen atoms in total. The fourth-order valence-electron chi connectivity index (χ4n) is 7.36. The van der Waals surface area contributed by atoms with E-state index in [0.717, 1.165) is 50.1 Å². The number of furan rings is 1. The lowest BCUT2D eigenvalue weighted by atomic mass is 9.98. The van der Waals surface area contributed by atoms with E-state index in [0.29, 0.717) is 0 Å². The van der Waals surface area contributed by atoms with Gasteiger partial charge in [0.15, 0.2) is 0 Å². The highest BCUT2D eigenvalue weighted by Gasteiger charge is 2.23. The lowest BCUT2D eigenvalue weighted by Crippen LogP contribution is -2.10. The predicted molar refractivity (Wildman–Crippen MR) is 210 cm³/mol. The first-order valence-electron chi connectivity index (χ1n) is 16.6. The first-order valence-corrected chi connectivity index (χ1v) is 17.4. The smallest absolute Gasteiger partial charge is 0.143 e. The monoisotopic (exact) mass is 643 g/mol. The number of rotatable bonds is 5. The van der Waals surface area contributed by atoms with E-state index in [2.05, 4.69) is 181 Å². The number of hydrogen-bond acceptors (Lipinski definition) is 3. The van der Waals surface area contributed by atoms with Gasteiger partial charge in [-0.3, -0.25) is 0 Å². The Morgan fingerprint density at radius 1 is 0.449 bits per heavy atom. The second-order valence-electron chi connectivity index (χ2n) is 12.5. The van der Waals surface area contributed by atoms with Crippen molar-refractivity contribution in [2.75, 3.05) is 4.90 Å². The average molecular weight is 644 g/mol. The molecule has 0 spiro atoms. The lowest BCUT2D eigenvalue weighted by Gasteiger charge is -2.27. The van der Waals surface area contributed by atoms with E-state index in [1.165, 1.54) is 42.1 Å². The van der Waals surface area contributed by atoms with E-state index in [4.69, 9.17) is 4.42 Å². The number of nitrogens with zero attached hydrogens (tertiary/aromatic N) is 1. The molecule has 0 saturated carbocycles. The molecule has 3 heteroatoms. The summed E-state index contributed by atoms with van der Waals surface area (Å²) in [5.74, 6) is 0. The van der Waals surface area contributed by atoms with Crippen LogP contribution in [0.25, 0.3) is 75.1 Å². The van der Waals surface area contributed by atoms with Gasteiger partial charge in [-0.1, -0.05) is 133 Å². The van der Waals surface area contributed by atoms with Gasteiger partial charge in [0.1, 0.15) is 11.2 Å². The van der Waals surface area contributed by atoms with Crippen molar-refractivity contribution in [1.82, 2.24) is 0 Å². The van der Waals surface area contributed by atoms with Crippen LogP contribution in [0.1, 0.15) is 0 Å². The van der Waals surface area contributed by atoms with Crippen molar-refractivity contribution >= 4 is 81.3 Å². The second kappa shape index (κ2) is 11.2. The van der Waals surface area contributed by atoms with Crippen LogP contribution in [0.3, 0.4) is 0 Å². The molecule has 0 radical (unpaired) electrons. The number of benzene rings is 8. The molecule has 0 bridgehead atoms. The highest BCUT2D eigenvalue weighted by molar-refractivity contribution is 7.26. The topological polar surface area (TPSA) is 16.4 Å². The quantitative estimate of drug-likeness (QED) is 0.186. The van der Waals surface area contributed by atoms with E-state index in [1.807, 2.05) is 11.3 Å². The highest BCUT2D eigenvalue weighted by Crippen LogP contribution is 2.48. The van der Waals surface area contributed by atoms with E-state index in [1.54, 1.807) is 0 Å². The maximum atomic E-state index is 6.75. The molecule has 0 aliphatic heterocycles. The highest BCUT2D eigenvalue weighted by atomic mass is 32.1. The molecule has 8 aromatic carbocycles. The maximum absolute atomic E-state index is 6.75.